The minimum atomic E-state index is 0.185. The van der Waals surface area contributed by atoms with E-state index in [1.165, 1.54) is 31.5 Å². The van der Waals surface area contributed by atoms with Crippen molar-refractivity contribution in [3.63, 3.8) is 0 Å². The highest BCUT2D eigenvalue weighted by Gasteiger charge is 2.22. The first-order valence-corrected chi connectivity index (χ1v) is 9.15. The highest BCUT2D eigenvalue weighted by molar-refractivity contribution is 5.78. The van der Waals surface area contributed by atoms with Gasteiger partial charge in [-0.15, -0.1) is 0 Å². The molecule has 1 fully saturated rings. The van der Waals surface area contributed by atoms with Crippen molar-refractivity contribution in [3.8, 4) is 5.75 Å². The Bertz CT molecular complexity index is 566. The van der Waals surface area contributed by atoms with Crippen molar-refractivity contribution >= 4 is 5.96 Å². The van der Waals surface area contributed by atoms with E-state index in [2.05, 4.69) is 35.1 Å². The summed E-state index contributed by atoms with van der Waals surface area (Å²) in [5.41, 5.74) is 7.31. The maximum Gasteiger partial charge on any atom is 0.189 e. The van der Waals surface area contributed by atoms with Gasteiger partial charge in [0.2, 0.25) is 0 Å². The largest absolute Gasteiger partial charge is 0.493 e. The highest BCUT2D eigenvalue weighted by Crippen LogP contribution is 2.31. The first-order valence-electron chi connectivity index (χ1n) is 9.15. The zero-order valence-electron chi connectivity index (χ0n) is 14.9. The Kier molecular flexibility index (Phi) is 5.61. The highest BCUT2D eigenvalue weighted by atomic mass is 16.5. The molecular formula is C19H30N4O. The van der Waals surface area contributed by atoms with E-state index in [1.54, 1.807) is 0 Å². The van der Waals surface area contributed by atoms with Crippen LogP contribution in [-0.2, 0) is 0 Å². The number of guanidine groups is 1. The fourth-order valence-electron chi connectivity index (χ4n) is 3.53. The molecule has 2 aliphatic heterocycles. The summed E-state index contributed by atoms with van der Waals surface area (Å²) >= 11 is 0. The van der Waals surface area contributed by atoms with E-state index in [9.17, 15) is 0 Å². The van der Waals surface area contributed by atoms with Gasteiger partial charge in [0.05, 0.1) is 19.2 Å². The van der Waals surface area contributed by atoms with Gasteiger partial charge in [0.25, 0.3) is 0 Å². The van der Waals surface area contributed by atoms with Gasteiger partial charge in [-0.05, 0) is 44.8 Å². The van der Waals surface area contributed by atoms with Crippen LogP contribution in [0.25, 0.3) is 0 Å². The van der Waals surface area contributed by atoms with Crippen molar-refractivity contribution in [1.29, 1.82) is 0 Å². The predicted molar refractivity (Wildman–Crippen MR) is 98.4 cm³/mol. The number of hydrogen-bond acceptors (Lipinski definition) is 3. The number of nitrogens with one attached hydrogen (secondary N) is 1. The molecule has 2 atom stereocenters. The van der Waals surface area contributed by atoms with Crippen molar-refractivity contribution in [1.82, 2.24) is 10.2 Å². The Balaban J connectivity index is 1.53. The van der Waals surface area contributed by atoms with Crippen LogP contribution in [0.3, 0.4) is 0 Å². The van der Waals surface area contributed by atoms with Gasteiger partial charge in [0.1, 0.15) is 5.75 Å². The van der Waals surface area contributed by atoms with Gasteiger partial charge in [-0.2, -0.15) is 0 Å². The number of benzene rings is 1. The molecule has 2 aliphatic rings. The normalized spacial score (nSPS) is 24.1. The average molecular weight is 330 g/mol. The molecule has 5 nitrogen and oxygen atoms in total. The molecule has 1 aromatic carbocycles. The van der Waals surface area contributed by atoms with Crippen LogP contribution in [0, 0.1) is 5.92 Å². The maximum absolute atomic E-state index is 6.14. The smallest absolute Gasteiger partial charge is 0.189 e. The van der Waals surface area contributed by atoms with E-state index in [4.69, 9.17) is 10.5 Å². The monoisotopic (exact) mass is 330 g/mol. The van der Waals surface area contributed by atoms with Crippen LogP contribution in [0.2, 0.25) is 0 Å². The van der Waals surface area contributed by atoms with Crippen LogP contribution in [0.1, 0.15) is 44.7 Å². The summed E-state index contributed by atoms with van der Waals surface area (Å²) in [5, 5.41) is 3.37. The molecule has 0 radical (unpaired) electrons. The van der Waals surface area contributed by atoms with Gasteiger partial charge in [-0.1, -0.05) is 25.1 Å². The number of para-hydroxylation sites is 1. The fourth-order valence-corrected chi connectivity index (χ4v) is 3.53. The van der Waals surface area contributed by atoms with E-state index >= 15 is 0 Å². The van der Waals surface area contributed by atoms with E-state index < -0.39 is 0 Å². The van der Waals surface area contributed by atoms with Gasteiger partial charge < -0.3 is 15.8 Å². The second-order valence-electron chi connectivity index (χ2n) is 7.17. The van der Waals surface area contributed by atoms with E-state index in [0.29, 0.717) is 18.6 Å². The van der Waals surface area contributed by atoms with Crippen LogP contribution < -0.4 is 15.8 Å². The molecule has 1 aromatic rings. The summed E-state index contributed by atoms with van der Waals surface area (Å²) in [6, 6.07) is 8.77. The number of rotatable bonds is 4. The maximum atomic E-state index is 6.14. The first kappa shape index (κ1) is 17.1. The molecule has 3 rings (SSSR count). The number of nitrogens with zero attached hydrogens (tertiary/aromatic N) is 2. The molecule has 0 spiro atoms. The third-order valence-corrected chi connectivity index (χ3v) is 5.25. The van der Waals surface area contributed by atoms with Crippen LogP contribution in [0.15, 0.2) is 29.3 Å². The van der Waals surface area contributed by atoms with E-state index in [-0.39, 0.29) is 6.04 Å². The van der Waals surface area contributed by atoms with E-state index in [0.717, 1.165) is 24.6 Å². The molecular weight excluding hydrogens is 300 g/mol. The molecule has 2 heterocycles. The minimum absolute atomic E-state index is 0.185. The molecule has 3 N–H and O–H groups in total. The van der Waals surface area contributed by atoms with Gasteiger partial charge in [-0.3, -0.25) is 9.89 Å². The minimum Gasteiger partial charge on any atom is -0.493 e. The number of fused-ring (bicyclic) bond motifs is 1. The Morgan fingerprint density at radius 1 is 1.33 bits per heavy atom. The zero-order valence-corrected chi connectivity index (χ0v) is 14.9. The second-order valence-corrected chi connectivity index (χ2v) is 7.17. The Morgan fingerprint density at radius 3 is 2.88 bits per heavy atom. The van der Waals surface area contributed by atoms with Crippen molar-refractivity contribution in [2.45, 2.75) is 45.2 Å². The summed E-state index contributed by atoms with van der Waals surface area (Å²) < 4.78 is 5.69. The summed E-state index contributed by atoms with van der Waals surface area (Å²) in [6.07, 6.45) is 3.49. The van der Waals surface area contributed by atoms with E-state index in [1.807, 2.05) is 18.2 Å². The molecule has 24 heavy (non-hydrogen) atoms. The molecule has 2 unspecified atom stereocenters. The van der Waals surface area contributed by atoms with Crippen LogP contribution in [-0.4, -0.2) is 43.1 Å². The molecule has 0 amide bonds. The molecule has 0 saturated carbocycles. The van der Waals surface area contributed by atoms with Gasteiger partial charge in [0.15, 0.2) is 5.96 Å². The average Bonchev–Trinajstić information content (AvgIpc) is 2.61. The topological polar surface area (TPSA) is 62.9 Å². The third-order valence-electron chi connectivity index (χ3n) is 5.25. The van der Waals surface area contributed by atoms with Crippen LogP contribution in [0.4, 0.5) is 0 Å². The number of likely N-dealkylation sites (tertiary alicyclic amines) is 1. The Morgan fingerprint density at radius 2 is 2.08 bits per heavy atom. The lowest BCUT2D eigenvalue weighted by atomic mass is 9.98. The fraction of sp³-hybridized carbons (Fsp3) is 0.632. The molecule has 0 aliphatic carbocycles. The molecule has 1 saturated heterocycles. The number of ether oxygens (including phenoxy) is 1. The standard InChI is InChI=1S/C19H30N4O/c1-14-7-10-23(11-8-14)15(2)13-21-19(20)22-17-9-12-24-18-6-4-3-5-16(17)18/h3-6,14-15,17H,7-13H2,1-2H3,(H3,20,21,22). The predicted octanol–water partition coefficient (Wildman–Crippen LogP) is 2.53. The summed E-state index contributed by atoms with van der Waals surface area (Å²) in [7, 11) is 0. The summed E-state index contributed by atoms with van der Waals surface area (Å²) in [5.74, 6) is 2.34. The lowest BCUT2D eigenvalue weighted by Crippen LogP contribution is -2.42. The van der Waals surface area contributed by atoms with Crippen molar-refractivity contribution in [3.05, 3.63) is 29.8 Å². The van der Waals surface area contributed by atoms with Gasteiger partial charge in [0, 0.05) is 18.0 Å². The molecule has 5 heteroatoms. The van der Waals surface area contributed by atoms with Crippen LogP contribution in [0.5, 0.6) is 5.75 Å². The van der Waals surface area contributed by atoms with Crippen LogP contribution >= 0.6 is 0 Å². The molecule has 0 bridgehead atoms. The number of nitrogens with two attached hydrogens (primary N) is 1. The zero-order chi connectivity index (χ0) is 16.9. The summed E-state index contributed by atoms with van der Waals surface area (Å²) in [4.78, 5) is 7.11. The summed E-state index contributed by atoms with van der Waals surface area (Å²) in [6.45, 7) is 8.41. The number of aliphatic imine (C=N–C) groups is 1. The third kappa shape index (κ3) is 4.20. The molecule has 0 aromatic heterocycles. The van der Waals surface area contributed by atoms with Crippen molar-refractivity contribution < 1.29 is 4.74 Å². The van der Waals surface area contributed by atoms with Gasteiger partial charge in [-0.25, -0.2) is 0 Å². The quantitative estimate of drug-likeness (QED) is 0.658. The Labute approximate surface area is 145 Å². The van der Waals surface area contributed by atoms with Crippen molar-refractivity contribution in [2.24, 2.45) is 16.6 Å². The first-order chi connectivity index (χ1) is 11.6. The lowest BCUT2D eigenvalue weighted by molar-refractivity contribution is 0.150. The second kappa shape index (κ2) is 7.88. The Hall–Kier alpha value is -1.75. The lowest BCUT2D eigenvalue weighted by Gasteiger charge is -2.34. The molecule has 132 valence electrons. The van der Waals surface area contributed by atoms with Crippen molar-refractivity contribution in [2.75, 3.05) is 26.2 Å². The SMILES string of the molecule is CC1CCN(C(C)CN=C(N)NC2CCOc3ccccc32)CC1. The number of piperidine rings is 1. The number of hydrogen-bond donors (Lipinski definition) is 2. The van der Waals surface area contributed by atoms with Gasteiger partial charge >= 0.3 is 0 Å².